The maximum atomic E-state index is 13.5. The van der Waals surface area contributed by atoms with Gasteiger partial charge in [0.25, 0.3) is 5.91 Å². The number of piperidine rings is 1. The summed E-state index contributed by atoms with van der Waals surface area (Å²) in [6.45, 7) is 1.10. The van der Waals surface area contributed by atoms with Gasteiger partial charge in [0.05, 0.1) is 18.5 Å². The summed E-state index contributed by atoms with van der Waals surface area (Å²) in [6, 6.07) is 16.3. The minimum atomic E-state index is -0.889. The molecule has 1 atom stereocenters. The summed E-state index contributed by atoms with van der Waals surface area (Å²) in [4.78, 5) is 36.9. The van der Waals surface area contributed by atoms with E-state index in [0.717, 1.165) is 5.69 Å². The van der Waals surface area contributed by atoms with Crippen molar-refractivity contribution >= 4 is 11.8 Å². The quantitative estimate of drug-likeness (QED) is 0.583. The van der Waals surface area contributed by atoms with Crippen molar-refractivity contribution in [1.29, 1.82) is 0 Å². The number of likely N-dealkylation sites (tertiary alicyclic amines) is 1. The van der Waals surface area contributed by atoms with Crippen LogP contribution in [-0.4, -0.2) is 53.9 Å². The first-order valence-electron chi connectivity index (χ1n) is 11.2. The zero-order chi connectivity index (χ0) is 24.0. The maximum absolute atomic E-state index is 13.5. The van der Waals surface area contributed by atoms with E-state index in [1.165, 1.54) is 7.11 Å². The fourth-order valence-electron chi connectivity index (χ4n) is 4.36. The van der Waals surface area contributed by atoms with Crippen LogP contribution in [0.2, 0.25) is 0 Å². The Morgan fingerprint density at radius 3 is 2.53 bits per heavy atom. The Kier molecular flexibility index (Phi) is 7.06. The van der Waals surface area contributed by atoms with Gasteiger partial charge >= 0.3 is 0 Å². The highest BCUT2D eigenvalue weighted by Crippen LogP contribution is 2.35. The lowest BCUT2D eigenvalue weighted by molar-refractivity contribution is -0.128. The van der Waals surface area contributed by atoms with E-state index in [9.17, 15) is 9.59 Å². The lowest BCUT2D eigenvalue weighted by Gasteiger charge is -2.41. The third-order valence-corrected chi connectivity index (χ3v) is 6.11. The molecular formula is C26H28N4O4. The summed E-state index contributed by atoms with van der Waals surface area (Å²) in [5.74, 6) is 0.677. The first-order valence-corrected chi connectivity index (χ1v) is 11.2. The molecule has 1 aromatic carbocycles. The number of hydrogen-bond donors (Lipinski definition) is 1. The number of nitrogens with zero attached hydrogens (tertiary/aromatic N) is 3. The first-order chi connectivity index (χ1) is 16.6. The van der Waals surface area contributed by atoms with E-state index in [-0.39, 0.29) is 25.0 Å². The monoisotopic (exact) mass is 460 g/mol. The molecular weight excluding hydrogens is 432 g/mol. The van der Waals surface area contributed by atoms with Gasteiger partial charge < -0.3 is 19.7 Å². The summed E-state index contributed by atoms with van der Waals surface area (Å²) in [6.07, 6.45) is 4.70. The zero-order valence-electron chi connectivity index (χ0n) is 19.4. The maximum Gasteiger partial charge on any atom is 0.254 e. The number of likely N-dealkylation sites (N-methyl/N-ethyl adjacent to an activating group) is 1. The molecule has 1 N–H and O–H groups in total. The van der Waals surface area contributed by atoms with Gasteiger partial charge in [-0.2, -0.15) is 0 Å². The van der Waals surface area contributed by atoms with Gasteiger partial charge in [0, 0.05) is 38.1 Å². The van der Waals surface area contributed by atoms with Crippen molar-refractivity contribution < 1.29 is 19.1 Å². The SMILES string of the molecule is CNC(=O)[C@@]1(c2ccccn2)CCCN(C(=O)c2ccc(OCc3ccccn3)c(OC)c2)C1. The third-order valence-electron chi connectivity index (χ3n) is 6.11. The topological polar surface area (TPSA) is 93.7 Å². The van der Waals surface area contributed by atoms with Crippen molar-refractivity contribution in [2.24, 2.45) is 0 Å². The van der Waals surface area contributed by atoms with Crippen molar-refractivity contribution in [3.8, 4) is 11.5 Å². The molecule has 1 saturated heterocycles. The summed E-state index contributed by atoms with van der Waals surface area (Å²) < 4.78 is 11.3. The molecule has 4 rings (SSSR count). The van der Waals surface area contributed by atoms with Crippen LogP contribution in [0, 0.1) is 0 Å². The molecule has 0 radical (unpaired) electrons. The molecule has 2 amide bonds. The minimum Gasteiger partial charge on any atom is -0.493 e. The van der Waals surface area contributed by atoms with Gasteiger partial charge in [0.1, 0.15) is 12.0 Å². The standard InChI is InChI=1S/C26H28N4O4/c1-27-25(32)26(23-9-4-6-14-29-23)12-7-15-30(18-26)24(31)19-10-11-21(22(16-19)33-2)34-17-20-8-3-5-13-28-20/h3-6,8-11,13-14,16H,7,12,15,17-18H2,1-2H3,(H,27,32)/t26-/m0/s1. The van der Waals surface area contributed by atoms with Gasteiger partial charge in [0.2, 0.25) is 5.91 Å². The average Bonchev–Trinajstić information content (AvgIpc) is 2.92. The zero-order valence-corrected chi connectivity index (χ0v) is 19.4. The molecule has 8 heteroatoms. The number of carbonyl (C=O) groups excluding carboxylic acids is 2. The predicted octanol–water partition coefficient (Wildman–Crippen LogP) is 2.98. The van der Waals surface area contributed by atoms with Gasteiger partial charge in [-0.15, -0.1) is 0 Å². The highest BCUT2D eigenvalue weighted by Gasteiger charge is 2.45. The van der Waals surface area contributed by atoms with E-state index in [2.05, 4.69) is 15.3 Å². The van der Waals surface area contributed by atoms with Crippen molar-refractivity contribution in [3.05, 3.63) is 83.9 Å². The Labute approximate surface area is 198 Å². The number of rotatable bonds is 7. The normalized spacial score (nSPS) is 17.6. The van der Waals surface area contributed by atoms with E-state index in [4.69, 9.17) is 9.47 Å². The van der Waals surface area contributed by atoms with Crippen LogP contribution in [0.15, 0.2) is 67.0 Å². The number of hydrogen-bond acceptors (Lipinski definition) is 6. The van der Waals surface area contributed by atoms with E-state index >= 15 is 0 Å². The van der Waals surface area contributed by atoms with Crippen LogP contribution in [0.25, 0.3) is 0 Å². The van der Waals surface area contributed by atoms with Crippen LogP contribution in [0.1, 0.15) is 34.6 Å². The summed E-state index contributed by atoms with van der Waals surface area (Å²) >= 11 is 0. The smallest absolute Gasteiger partial charge is 0.254 e. The number of pyridine rings is 2. The van der Waals surface area contributed by atoms with E-state index in [1.54, 1.807) is 42.5 Å². The molecule has 34 heavy (non-hydrogen) atoms. The molecule has 1 fully saturated rings. The molecule has 2 aromatic heterocycles. The predicted molar refractivity (Wildman–Crippen MR) is 127 cm³/mol. The van der Waals surface area contributed by atoms with Gasteiger partial charge in [0.15, 0.2) is 11.5 Å². The fourth-order valence-corrected chi connectivity index (χ4v) is 4.36. The number of methoxy groups -OCH3 is 1. The molecule has 0 spiro atoms. The second-order valence-electron chi connectivity index (χ2n) is 8.18. The number of aromatic nitrogens is 2. The Morgan fingerprint density at radius 2 is 1.85 bits per heavy atom. The highest BCUT2D eigenvalue weighted by atomic mass is 16.5. The minimum absolute atomic E-state index is 0.139. The van der Waals surface area contributed by atoms with Crippen molar-refractivity contribution in [2.45, 2.75) is 24.9 Å². The molecule has 0 bridgehead atoms. The van der Waals surface area contributed by atoms with Crippen molar-refractivity contribution in [2.75, 3.05) is 27.2 Å². The van der Waals surface area contributed by atoms with Crippen LogP contribution < -0.4 is 14.8 Å². The number of carbonyl (C=O) groups is 2. The molecule has 3 aromatic rings. The fraction of sp³-hybridized carbons (Fsp3) is 0.308. The summed E-state index contributed by atoms with van der Waals surface area (Å²) in [5, 5.41) is 2.77. The van der Waals surface area contributed by atoms with Crippen LogP contribution in [0.5, 0.6) is 11.5 Å². The van der Waals surface area contributed by atoms with Crippen LogP contribution in [0.3, 0.4) is 0 Å². The van der Waals surface area contributed by atoms with Crippen LogP contribution in [-0.2, 0) is 16.8 Å². The molecule has 1 aliphatic heterocycles. The Hall–Kier alpha value is -3.94. The molecule has 1 aliphatic rings. The van der Waals surface area contributed by atoms with Crippen molar-refractivity contribution in [1.82, 2.24) is 20.2 Å². The number of nitrogens with one attached hydrogen (secondary N) is 1. The van der Waals surface area contributed by atoms with Crippen molar-refractivity contribution in [3.63, 3.8) is 0 Å². The number of amides is 2. The second kappa shape index (κ2) is 10.3. The second-order valence-corrected chi connectivity index (χ2v) is 8.18. The first kappa shape index (κ1) is 23.2. The Balaban J connectivity index is 1.55. The van der Waals surface area contributed by atoms with Gasteiger partial charge in [-0.1, -0.05) is 12.1 Å². The molecule has 0 saturated carbocycles. The highest BCUT2D eigenvalue weighted by molar-refractivity contribution is 5.96. The summed E-state index contributed by atoms with van der Waals surface area (Å²) in [7, 11) is 3.15. The third kappa shape index (κ3) is 4.71. The molecule has 3 heterocycles. The molecule has 0 aliphatic carbocycles. The van der Waals surface area contributed by atoms with E-state index in [1.807, 2.05) is 36.4 Å². The Morgan fingerprint density at radius 1 is 1.06 bits per heavy atom. The van der Waals surface area contributed by atoms with Gasteiger partial charge in [-0.3, -0.25) is 19.6 Å². The number of benzene rings is 1. The average molecular weight is 461 g/mol. The van der Waals surface area contributed by atoms with E-state index in [0.29, 0.717) is 42.1 Å². The lowest BCUT2D eigenvalue weighted by atomic mass is 9.75. The van der Waals surface area contributed by atoms with Crippen LogP contribution in [0.4, 0.5) is 0 Å². The number of ether oxygens (including phenoxy) is 2. The van der Waals surface area contributed by atoms with Gasteiger partial charge in [-0.05, 0) is 55.3 Å². The lowest BCUT2D eigenvalue weighted by Crippen LogP contribution is -2.56. The van der Waals surface area contributed by atoms with Gasteiger partial charge in [-0.25, -0.2) is 0 Å². The Bertz CT molecular complexity index is 1140. The largest absolute Gasteiger partial charge is 0.493 e. The molecule has 8 nitrogen and oxygen atoms in total. The van der Waals surface area contributed by atoms with Crippen LogP contribution >= 0.6 is 0 Å². The summed E-state index contributed by atoms with van der Waals surface area (Å²) in [5.41, 5.74) is 1.04. The van der Waals surface area contributed by atoms with E-state index < -0.39 is 5.41 Å². The molecule has 0 unspecified atom stereocenters. The molecule has 176 valence electrons.